The van der Waals surface area contributed by atoms with Gasteiger partial charge in [-0.3, -0.25) is 9.78 Å². The highest BCUT2D eigenvalue weighted by Gasteiger charge is 2.31. The van der Waals surface area contributed by atoms with Crippen molar-refractivity contribution in [3.63, 3.8) is 0 Å². The Morgan fingerprint density at radius 1 is 1.08 bits per heavy atom. The number of ketones is 1. The van der Waals surface area contributed by atoms with E-state index in [0.717, 1.165) is 36.1 Å². The van der Waals surface area contributed by atoms with Gasteiger partial charge < -0.3 is 15.0 Å². The minimum atomic E-state index is -4.78. The Bertz CT molecular complexity index is 1260. The molecule has 3 aromatic rings. The van der Waals surface area contributed by atoms with Crippen molar-refractivity contribution in [3.8, 4) is 17.0 Å². The van der Waals surface area contributed by atoms with Gasteiger partial charge in [-0.2, -0.15) is 0 Å². The molecule has 0 saturated heterocycles. The fourth-order valence-corrected chi connectivity index (χ4v) is 3.91. The third kappa shape index (κ3) is 7.55. The second-order valence-electron chi connectivity index (χ2n) is 9.42. The number of carbonyl (C=O) groups excluding carboxylic acids is 2. The smallest absolute Gasteiger partial charge is 0.406 e. The molecule has 0 aliphatic heterocycles. The number of amides is 2. The first kappa shape index (κ1) is 26.2. The minimum Gasteiger partial charge on any atom is -0.406 e. The van der Waals surface area contributed by atoms with Crippen LogP contribution < -0.4 is 10.1 Å². The zero-order valence-corrected chi connectivity index (χ0v) is 20.6. The number of pyridine rings is 1. The SMILES string of the molecule is CC(C)N(Cc1cccc(-c2cc(C(=O)CC3CC3)ccn2)c1)C(=O)Nc1ccc(OC(F)(F)F)cc1. The van der Waals surface area contributed by atoms with E-state index in [2.05, 4.69) is 15.0 Å². The van der Waals surface area contributed by atoms with Gasteiger partial charge in [-0.15, -0.1) is 13.2 Å². The molecule has 6 nitrogen and oxygen atoms in total. The van der Waals surface area contributed by atoms with Gasteiger partial charge in [0.1, 0.15) is 5.75 Å². The molecule has 1 fully saturated rings. The molecule has 4 rings (SSSR count). The predicted octanol–water partition coefficient (Wildman–Crippen LogP) is 7.07. The monoisotopic (exact) mass is 511 g/mol. The third-order valence-corrected chi connectivity index (χ3v) is 6.05. The van der Waals surface area contributed by atoms with Gasteiger partial charge in [0.25, 0.3) is 0 Å². The molecule has 1 N–H and O–H groups in total. The molecule has 0 unspecified atom stereocenters. The first-order valence-electron chi connectivity index (χ1n) is 12.1. The molecule has 1 saturated carbocycles. The molecule has 0 radical (unpaired) electrons. The normalized spacial score (nSPS) is 13.4. The molecular weight excluding hydrogens is 483 g/mol. The van der Waals surface area contributed by atoms with E-state index < -0.39 is 12.4 Å². The molecule has 1 aliphatic rings. The Labute approximate surface area is 213 Å². The summed E-state index contributed by atoms with van der Waals surface area (Å²) < 4.78 is 41.0. The summed E-state index contributed by atoms with van der Waals surface area (Å²) in [7, 11) is 0. The van der Waals surface area contributed by atoms with E-state index in [1.807, 2.05) is 44.2 Å². The number of hydrogen-bond donors (Lipinski definition) is 1. The van der Waals surface area contributed by atoms with Crippen LogP contribution >= 0.6 is 0 Å². The highest BCUT2D eigenvalue weighted by Crippen LogP contribution is 2.34. The number of benzene rings is 2. The third-order valence-electron chi connectivity index (χ3n) is 6.05. The lowest BCUT2D eigenvalue weighted by atomic mass is 10.0. The van der Waals surface area contributed by atoms with Crippen molar-refractivity contribution in [2.24, 2.45) is 5.92 Å². The van der Waals surface area contributed by atoms with Crippen LogP contribution in [0, 0.1) is 5.92 Å². The topological polar surface area (TPSA) is 71.5 Å². The van der Waals surface area contributed by atoms with Crippen LogP contribution in [0.5, 0.6) is 5.75 Å². The lowest BCUT2D eigenvalue weighted by Crippen LogP contribution is -2.39. The van der Waals surface area contributed by atoms with Crippen LogP contribution in [0.15, 0.2) is 66.9 Å². The lowest BCUT2D eigenvalue weighted by molar-refractivity contribution is -0.274. The molecule has 0 bridgehead atoms. The molecule has 2 aromatic carbocycles. The fourth-order valence-electron chi connectivity index (χ4n) is 3.91. The Hall–Kier alpha value is -3.88. The van der Waals surface area contributed by atoms with E-state index in [4.69, 9.17) is 0 Å². The molecule has 1 aromatic heterocycles. The maximum absolute atomic E-state index is 13.0. The minimum absolute atomic E-state index is 0.128. The number of ether oxygens (including phenoxy) is 1. The number of Topliss-reactive ketones (excluding diaryl/α,β-unsaturated/α-hetero) is 1. The second kappa shape index (κ2) is 11.0. The number of nitrogens with zero attached hydrogens (tertiary/aromatic N) is 2. The summed E-state index contributed by atoms with van der Waals surface area (Å²) in [5.41, 5.74) is 3.38. The molecule has 9 heteroatoms. The number of anilines is 1. The lowest BCUT2D eigenvalue weighted by Gasteiger charge is -2.27. The average molecular weight is 512 g/mol. The number of nitrogens with one attached hydrogen (secondary N) is 1. The number of halogens is 3. The van der Waals surface area contributed by atoms with Crippen LogP contribution in [0.4, 0.5) is 23.7 Å². The largest absolute Gasteiger partial charge is 0.573 e. The van der Waals surface area contributed by atoms with E-state index in [0.29, 0.717) is 35.8 Å². The van der Waals surface area contributed by atoms with Gasteiger partial charge in [0.05, 0.1) is 5.69 Å². The van der Waals surface area contributed by atoms with Gasteiger partial charge in [0.15, 0.2) is 5.78 Å². The van der Waals surface area contributed by atoms with Gasteiger partial charge in [-0.05, 0) is 80.6 Å². The maximum Gasteiger partial charge on any atom is 0.573 e. The van der Waals surface area contributed by atoms with Crippen LogP contribution in [0.2, 0.25) is 0 Å². The zero-order valence-electron chi connectivity index (χ0n) is 20.6. The van der Waals surface area contributed by atoms with Gasteiger partial charge in [0, 0.05) is 42.0 Å². The summed E-state index contributed by atoms with van der Waals surface area (Å²) in [6.07, 6.45) is -0.343. The highest BCUT2D eigenvalue weighted by molar-refractivity contribution is 5.97. The molecule has 1 heterocycles. The summed E-state index contributed by atoms with van der Waals surface area (Å²) in [6, 6.07) is 15.6. The van der Waals surface area contributed by atoms with Crippen molar-refractivity contribution >= 4 is 17.5 Å². The molecule has 194 valence electrons. The average Bonchev–Trinajstić information content (AvgIpc) is 3.67. The molecule has 2 amide bonds. The summed E-state index contributed by atoms with van der Waals surface area (Å²) in [5, 5.41) is 2.72. The number of alkyl halides is 3. The van der Waals surface area contributed by atoms with Crippen molar-refractivity contribution in [1.82, 2.24) is 9.88 Å². The predicted molar refractivity (Wildman–Crippen MR) is 134 cm³/mol. The van der Waals surface area contributed by atoms with Crippen molar-refractivity contribution in [2.75, 3.05) is 5.32 Å². The van der Waals surface area contributed by atoms with Crippen molar-refractivity contribution < 1.29 is 27.5 Å². The standard InChI is InChI=1S/C28H28F3N3O3/c1-18(2)34(27(36)33-23-8-10-24(11-9-23)37-28(29,30)31)17-20-4-3-5-21(14-20)25-16-22(12-13-32-25)26(35)15-19-6-7-19/h3-5,8-14,16,18-19H,6-7,15,17H2,1-2H3,(H,33,36). The van der Waals surface area contributed by atoms with Crippen molar-refractivity contribution in [3.05, 3.63) is 78.0 Å². The summed E-state index contributed by atoms with van der Waals surface area (Å²) in [5.74, 6) is 0.268. The van der Waals surface area contributed by atoms with E-state index in [-0.39, 0.29) is 17.6 Å². The molecular formula is C28H28F3N3O3. The Kier molecular flexibility index (Phi) is 7.80. The van der Waals surface area contributed by atoms with E-state index >= 15 is 0 Å². The second-order valence-corrected chi connectivity index (χ2v) is 9.42. The number of carbonyl (C=O) groups is 2. The maximum atomic E-state index is 13.0. The van der Waals surface area contributed by atoms with Gasteiger partial charge in [0.2, 0.25) is 0 Å². The number of hydrogen-bond acceptors (Lipinski definition) is 4. The Balaban J connectivity index is 1.45. The molecule has 0 atom stereocenters. The van der Waals surface area contributed by atoms with E-state index in [9.17, 15) is 22.8 Å². The Morgan fingerprint density at radius 2 is 1.81 bits per heavy atom. The highest BCUT2D eigenvalue weighted by atomic mass is 19.4. The van der Waals surface area contributed by atoms with Gasteiger partial charge >= 0.3 is 12.4 Å². The first-order chi connectivity index (χ1) is 17.6. The van der Waals surface area contributed by atoms with Gasteiger partial charge in [-0.25, -0.2) is 4.79 Å². The van der Waals surface area contributed by atoms with E-state index in [1.54, 1.807) is 17.2 Å². The molecule has 37 heavy (non-hydrogen) atoms. The van der Waals surface area contributed by atoms with Crippen LogP contribution in [-0.4, -0.2) is 34.1 Å². The fraction of sp³-hybridized carbons (Fsp3) is 0.321. The van der Waals surface area contributed by atoms with Crippen LogP contribution in [0.3, 0.4) is 0 Å². The number of urea groups is 1. The summed E-state index contributed by atoms with van der Waals surface area (Å²) in [6.45, 7) is 4.05. The number of aromatic nitrogens is 1. The van der Waals surface area contributed by atoms with Crippen molar-refractivity contribution in [1.29, 1.82) is 0 Å². The summed E-state index contributed by atoms with van der Waals surface area (Å²) in [4.78, 5) is 31.6. The molecule has 0 spiro atoms. The van der Waals surface area contributed by atoms with Crippen molar-refractivity contribution in [2.45, 2.75) is 52.1 Å². The molecule has 1 aliphatic carbocycles. The first-order valence-corrected chi connectivity index (χ1v) is 12.1. The number of rotatable bonds is 9. The van der Waals surface area contributed by atoms with Crippen LogP contribution in [0.25, 0.3) is 11.3 Å². The van der Waals surface area contributed by atoms with Gasteiger partial charge in [-0.1, -0.05) is 18.2 Å². The van der Waals surface area contributed by atoms with E-state index in [1.165, 1.54) is 12.1 Å². The quantitative estimate of drug-likeness (QED) is 0.312. The van der Waals surface area contributed by atoms with Crippen LogP contribution in [-0.2, 0) is 6.54 Å². The Morgan fingerprint density at radius 3 is 2.46 bits per heavy atom. The van der Waals surface area contributed by atoms with Crippen LogP contribution in [0.1, 0.15) is 49.0 Å². The summed E-state index contributed by atoms with van der Waals surface area (Å²) >= 11 is 0. The zero-order chi connectivity index (χ0) is 26.6.